The molecule has 0 bridgehead atoms. The lowest BCUT2D eigenvalue weighted by atomic mass is 9.85. The van der Waals surface area contributed by atoms with Crippen molar-refractivity contribution in [3.63, 3.8) is 0 Å². The van der Waals surface area contributed by atoms with Crippen LogP contribution in [-0.4, -0.2) is 55.1 Å². The van der Waals surface area contributed by atoms with E-state index >= 15 is 0 Å². The van der Waals surface area contributed by atoms with Gasteiger partial charge in [-0.25, -0.2) is 29.9 Å². The summed E-state index contributed by atoms with van der Waals surface area (Å²) in [7, 11) is 0. The zero-order valence-corrected chi connectivity index (χ0v) is 27.8. The summed E-state index contributed by atoms with van der Waals surface area (Å²) in [4.78, 5) is 43.1. The van der Waals surface area contributed by atoms with Gasteiger partial charge in [-0.05, 0) is 78.9 Å². The Bertz CT molecular complexity index is 2940. The maximum Gasteiger partial charge on any atom is 0.179 e. The highest BCUT2D eigenvalue weighted by Gasteiger charge is 2.29. The fourth-order valence-electron chi connectivity index (χ4n) is 6.85. The Kier molecular flexibility index (Phi) is 7.17. The molecule has 1 N–H and O–H groups in total. The average Bonchev–Trinajstić information content (AvgIpc) is 3.78. The molecule has 0 aliphatic carbocycles. The Hall–Kier alpha value is -7.66. The summed E-state index contributed by atoms with van der Waals surface area (Å²) in [5.41, 5.74) is 10.2. The number of aromatic nitrogens is 11. The number of aromatic amines is 1. The summed E-state index contributed by atoms with van der Waals surface area (Å²) in [5.74, 6) is 0.956. The summed E-state index contributed by atoms with van der Waals surface area (Å²) in [6.45, 7) is 0. The highest BCUT2D eigenvalue weighted by Crippen LogP contribution is 2.49. The first-order chi connectivity index (χ1) is 26.3. The predicted octanol–water partition coefficient (Wildman–Crippen LogP) is 8.43. The molecule has 2 aromatic carbocycles. The molecular weight excluding hydrogens is 659 g/mol. The molecule has 0 unspecified atom stereocenters. The normalized spacial score (nSPS) is 11.4. The van der Waals surface area contributed by atoms with Crippen molar-refractivity contribution in [2.24, 2.45) is 0 Å². The van der Waals surface area contributed by atoms with Gasteiger partial charge in [-0.2, -0.15) is 10.2 Å². The van der Waals surface area contributed by atoms with Gasteiger partial charge in [-0.15, -0.1) is 0 Å². The van der Waals surface area contributed by atoms with E-state index in [-0.39, 0.29) is 0 Å². The van der Waals surface area contributed by atoms with Gasteiger partial charge in [-0.1, -0.05) is 24.3 Å². The van der Waals surface area contributed by atoms with Gasteiger partial charge >= 0.3 is 0 Å². The number of H-pyrrole nitrogens is 1. The standard InChI is InChI=1S/C42H25N11/c1-2-10-27-25(9-1)24-48-42(52-27)40-38(32-13-6-19-45-32)39(41-46-20-8-21-47-41)37-34(51-40)23-26(28-15-16-29-30(50-28)12-5-18-43-29)35(33-14-7-22-49-53-33)36(37)31-11-3-4-17-44-31/h1-24,45H. The van der Waals surface area contributed by atoms with Gasteiger partial charge in [-0.3, -0.25) is 9.97 Å². The largest absolute Gasteiger partial charge is 0.361 e. The molecule has 0 spiro atoms. The first-order valence-electron chi connectivity index (χ1n) is 16.9. The van der Waals surface area contributed by atoms with Crippen LogP contribution in [0, 0.1) is 0 Å². The fourth-order valence-corrected chi connectivity index (χ4v) is 6.85. The maximum atomic E-state index is 5.46. The monoisotopic (exact) mass is 683 g/mol. The molecular formula is C42H25N11. The third kappa shape index (κ3) is 5.23. The van der Waals surface area contributed by atoms with Crippen molar-refractivity contribution in [1.82, 2.24) is 55.1 Å². The van der Waals surface area contributed by atoms with E-state index in [0.29, 0.717) is 39.9 Å². The summed E-state index contributed by atoms with van der Waals surface area (Å²) in [5, 5.41) is 10.7. The van der Waals surface area contributed by atoms with Crippen LogP contribution in [-0.2, 0) is 0 Å². The van der Waals surface area contributed by atoms with Crippen LogP contribution in [0.25, 0.3) is 101 Å². The van der Waals surface area contributed by atoms with Crippen molar-refractivity contribution in [2.75, 3.05) is 0 Å². The number of pyridine rings is 4. The number of benzene rings is 2. The highest BCUT2D eigenvalue weighted by molar-refractivity contribution is 6.16. The summed E-state index contributed by atoms with van der Waals surface area (Å²) in [6, 6.07) is 33.2. The Morgan fingerprint density at radius 1 is 0.453 bits per heavy atom. The van der Waals surface area contributed by atoms with E-state index < -0.39 is 0 Å². The van der Waals surface area contributed by atoms with E-state index in [9.17, 15) is 0 Å². The highest BCUT2D eigenvalue weighted by atomic mass is 15.1. The number of hydrogen-bond acceptors (Lipinski definition) is 10. The van der Waals surface area contributed by atoms with Crippen molar-refractivity contribution in [3.8, 4) is 67.9 Å². The summed E-state index contributed by atoms with van der Waals surface area (Å²) >= 11 is 0. The van der Waals surface area contributed by atoms with Crippen molar-refractivity contribution < 1.29 is 0 Å². The summed E-state index contributed by atoms with van der Waals surface area (Å²) in [6.07, 6.45) is 12.4. The van der Waals surface area contributed by atoms with Gasteiger partial charge < -0.3 is 4.98 Å². The molecule has 0 saturated carbocycles. The second-order valence-electron chi connectivity index (χ2n) is 12.2. The van der Waals surface area contributed by atoms with Crippen molar-refractivity contribution in [1.29, 1.82) is 0 Å². The maximum absolute atomic E-state index is 5.46. The molecule has 8 aromatic heterocycles. The number of hydrogen-bond donors (Lipinski definition) is 1. The first kappa shape index (κ1) is 30.2. The van der Waals surface area contributed by atoms with Crippen LogP contribution in [0.4, 0.5) is 0 Å². The molecule has 248 valence electrons. The number of nitrogens with zero attached hydrogens (tertiary/aromatic N) is 10. The molecule has 0 radical (unpaired) electrons. The number of fused-ring (bicyclic) bond motifs is 3. The quantitative estimate of drug-likeness (QED) is 0.181. The van der Waals surface area contributed by atoms with E-state index in [4.69, 9.17) is 34.9 Å². The topological polar surface area (TPSA) is 145 Å². The zero-order valence-electron chi connectivity index (χ0n) is 27.8. The smallest absolute Gasteiger partial charge is 0.179 e. The minimum Gasteiger partial charge on any atom is -0.361 e. The van der Waals surface area contributed by atoms with E-state index in [1.807, 2.05) is 109 Å². The predicted molar refractivity (Wildman–Crippen MR) is 204 cm³/mol. The van der Waals surface area contributed by atoms with Gasteiger partial charge in [0.25, 0.3) is 0 Å². The van der Waals surface area contributed by atoms with Gasteiger partial charge in [0.2, 0.25) is 0 Å². The summed E-state index contributed by atoms with van der Waals surface area (Å²) < 4.78 is 0. The van der Waals surface area contributed by atoms with Crippen LogP contribution >= 0.6 is 0 Å². The first-order valence-corrected chi connectivity index (χ1v) is 16.9. The molecule has 11 nitrogen and oxygen atoms in total. The molecule has 11 heteroatoms. The van der Waals surface area contributed by atoms with Crippen molar-refractivity contribution >= 4 is 32.8 Å². The van der Waals surface area contributed by atoms with E-state index in [0.717, 1.165) is 60.8 Å². The van der Waals surface area contributed by atoms with Gasteiger partial charge in [0.1, 0.15) is 5.69 Å². The Morgan fingerprint density at radius 3 is 2.13 bits per heavy atom. The Labute approximate surface area is 301 Å². The molecule has 10 aromatic rings. The Morgan fingerprint density at radius 2 is 1.28 bits per heavy atom. The van der Waals surface area contributed by atoms with Gasteiger partial charge in [0.05, 0.1) is 39.1 Å². The molecule has 0 atom stereocenters. The SMILES string of the molecule is c1ccc(-c2c(-c3cccnn3)c(-c3ccc4ncccc4n3)cc3nc(-c4ncc5ccccc5n4)c(-c4ccc[nH]4)c(-c4ncccn4)c23)nc1. The van der Waals surface area contributed by atoms with E-state index in [1.165, 1.54) is 0 Å². The second kappa shape index (κ2) is 12.6. The fraction of sp³-hybridized carbons (Fsp3) is 0. The Balaban J connectivity index is 1.44. The zero-order chi connectivity index (χ0) is 35.1. The van der Waals surface area contributed by atoms with Gasteiger partial charge in [0, 0.05) is 87.7 Å². The third-order valence-electron chi connectivity index (χ3n) is 9.11. The minimum absolute atomic E-state index is 0.459. The molecule has 0 fully saturated rings. The van der Waals surface area contributed by atoms with Crippen molar-refractivity contribution in [3.05, 3.63) is 147 Å². The molecule has 0 saturated heterocycles. The average molecular weight is 684 g/mol. The lowest BCUT2D eigenvalue weighted by Gasteiger charge is -2.22. The molecule has 0 aliphatic rings. The third-order valence-corrected chi connectivity index (χ3v) is 9.11. The second-order valence-corrected chi connectivity index (χ2v) is 12.2. The van der Waals surface area contributed by atoms with Crippen molar-refractivity contribution in [2.45, 2.75) is 0 Å². The molecule has 0 aliphatic heterocycles. The van der Waals surface area contributed by atoms with Crippen LogP contribution < -0.4 is 0 Å². The molecule has 0 amide bonds. The molecule has 10 rings (SSSR count). The number of rotatable bonds is 6. The van der Waals surface area contributed by atoms with Crippen LogP contribution in [0.15, 0.2) is 147 Å². The van der Waals surface area contributed by atoms with Crippen LogP contribution in [0.5, 0.6) is 0 Å². The molecule has 53 heavy (non-hydrogen) atoms. The van der Waals surface area contributed by atoms with Crippen LogP contribution in [0.2, 0.25) is 0 Å². The van der Waals surface area contributed by atoms with Crippen LogP contribution in [0.3, 0.4) is 0 Å². The minimum atomic E-state index is 0.459. The molecule has 8 heterocycles. The van der Waals surface area contributed by atoms with Gasteiger partial charge in [0.15, 0.2) is 11.6 Å². The number of nitrogens with one attached hydrogen (secondary N) is 1. The number of para-hydroxylation sites is 1. The van der Waals surface area contributed by atoms with E-state index in [1.54, 1.807) is 37.1 Å². The lowest BCUT2D eigenvalue weighted by Crippen LogP contribution is -2.05. The van der Waals surface area contributed by atoms with E-state index in [2.05, 4.69) is 20.2 Å². The lowest BCUT2D eigenvalue weighted by molar-refractivity contribution is 1.04. The van der Waals surface area contributed by atoms with Crippen LogP contribution in [0.1, 0.15) is 0 Å².